The van der Waals surface area contributed by atoms with Crippen LogP contribution in [-0.2, 0) is 4.79 Å². The molecule has 10 nitrogen and oxygen atoms in total. The van der Waals surface area contributed by atoms with Crippen LogP contribution in [0.4, 0.5) is 11.8 Å². The van der Waals surface area contributed by atoms with Gasteiger partial charge in [0.25, 0.3) is 0 Å². The second-order valence-corrected chi connectivity index (χ2v) is 5.03. The molecule has 0 fully saturated rings. The number of fused-ring (bicyclic) bond motifs is 1. The van der Waals surface area contributed by atoms with Gasteiger partial charge in [-0.3, -0.25) is 10.1 Å². The number of carbonyl (C=O) groups is 1. The van der Waals surface area contributed by atoms with Crippen molar-refractivity contribution in [2.75, 3.05) is 11.6 Å². The van der Waals surface area contributed by atoms with Crippen LogP contribution < -0.4 is 5.32 Å². The molecule has 0 amide bonds. The van der Waals surface area contributed by atoms with Crippen LogP contribution in [-0.4, -0.2) is 37.0 Å². The molecule has 0 unspecified atom stereocenters. The van der Waals surface area contributed by atoms with Crippen LogP contribution in [0.3, 0.4) is 0 Å². The van der Waals surface area contributed by atoms with E-state index in [4.69, 9.17) is 9.52 Å². The van der Waals surface area contributed by atoms with Gasteiger partial charge in [0.1, 0.15) is 22.4 Å². The lowest BCUT2D eigenvalue weighted by Gasteiger charge is -2.20. The highest BCUT2D eigenvalue weighted by Crippen LogP contribution is 2.32. The van der Waals surface area contributed by atoms with Crippen molar-refractivity contribution in [1.82, 2.24) is 14.8 Å². The Morgan fingerprint density at radius 2 is 2.36 bits per heavy atom. The van der Waals surface area contributed by atoms with Crippen molar-refractivity contribution in [2.24, 2.45) is 0 Å². The number of carboxylic acid groups (broad SMARTS) is 1. The van der Waals surface area contributed by atoms with Gasteiger partial charge in [-0.05, 0) is 18.4 Å². The van der Waals surface area contributed by atoms with Crippen LogP contribution in [0.15, 0.2) is 33.5 Å². The first-order valence-electron chi connectivity index (χ1n) is 5.96. The Morgan fingerprint density at radius 3 is 2.95 bits per heavy atom. The number of nitrogens with zero attached hydrogens (tertiary/aromatic N) is 4. The van der Waals surface area contributed by atoms with Crippen molar-refractivity contribution in [3.8, 4) is 0 Å². The van der Waals surface area contributed by atoms with Crippen molar-refractivity contribution in [2.45, 2.75) is 11.2 Å². The molecule has 0 spiro atoms. The minimum absolute atomic E-state index is 0.100. The topological polar surface area (TPSA) is 136 Å². The van der Waals surface area contributed by atoms with Crippen molar-refractivity contribution < 1.29 is 19.2 Å². The van der Waals surface area contributed by atoms with E-state index in [0.29, 0.717) is 5.16 Å². The van der Waals surface area contributed by atoms with Gasteiger partial charge in [0.15, 0.2) is 0 Å². The summed E-state index contributed by atoms with van der Waals surface area (Å²) in [4.78, 5) is 25.4. The molecule has 22 heavy (non-hydrogen) atoms. The number of furan rings is 1. The van der Waals surface area contributed by atoms with Crippen LogP contribution >= 0.6 is 11.8 Å². The lowest BCUT2D eigenvalue weighted by atomic mass is 10.1. The molecule has 0 radical (unpaired) electrons. The monoisotopic (exact) mass is 323 g/mol. The van der Waals surface area contributed by atoms with E-state index in [9.17, 15) is 14.9 Å². The van der Waals surface area contributed by atoms with Gasteiger partial charge in [-0.25, -0.2) is 9.48 Å². The molecule has 11 heteroatoms. The minimum atomic E-state index is -1.17. The summed E-state index contributed by atoms with van der Waals surface area (Å²) in [6.07, 6.45) is 3.14. The molecular formula is C11H9N5O5S. The summed E-state index contributed by atoms with van der Waals surface area (Å²) in [7, 11) is 0. The molecule has 0 saturated carbocycles. The number of carboxylic acids is 1. The zero-order valence-corrected chi connectivity index (χ0v) is 11.9. The first-order valence-corrected chi connectivity index (χ1v) is 7.19. The average molecular weight is 323 g/mol. The van der Waals surface area contributed by atoms with E-state index in [1.165, 1.54) is 34.7 Å². The Hall–Kier alpha value is -2.82. The van der Waals surface area contributed by atoms with E-state index >= 15 is 0 Å². The summed E-state index contributed by atoms with van der Waals surface area (Å²) < 4.78 is 6.57. The highest BCUT2D eigenvalue weighted by Gasteiger charge is 2.30. The number of rotatable bonds is 4. The molecule has 114 valence electrons. The van der Waals surface area contributed by atoms with Gasteiger partial charge < -0.3 is 14.8 Å². The van der Waals surface area contributed by atoms with Gasteiger partial charge in [-0.1, -0.05) is 11.8 Å². The predicted octanol–water partition coefficient (Wildman–Crippen LogP) is 1.48. The van der Waals surface area contributed by atoms with Gasteiger partial charge in [-0.2, -0.15) is 4.98 Å². The van der Waals surface area contributed by atoms with Crippen LogP contribution in [0.1, 0.15) is 11.8 Å². The van der Waals surface area contributed by atoms with Crippen LogP contribution in [0.5, 0.6) is 0 Å². The fourth-order valence-electron chi connectivity index (χ4n) is 1.99. The molecule has 0 saturated heterocycles. The van der Waals surface area contributed by atoms with Crippen molar-refractivity contribution in [3.05, 3.63) is 39.8 Å². The largest absolute Gasteiger partial charge is 0.477 e. The van der Waals surface area contributed by atoms with Crippen molar-refractivity contribution in [3.63, 3.8) is 0 Å². The molecule has 3 rings (SSSR count). The van der Waals surface area contributed by atoms with Crippen molar-refractivity contribution >= 4 is 29.6 Å². The van der Waals surface area contributed by atoms with Gasteiger partial charge in [-0.15, -0.1) is 5.10 Å². The number of thioether (sulfide) groups is 1. The molecular weight excluding hydrogens is 314 g/mol. The molecule has 1 aliphatic heterocycles. The molecule has 1 atom stereocenters. The molecule has 3 heterocycles. The van der Waals surface area contributed by atoms with E-state index in [2.05, 4.69) is 15.4 Å². The molecule has 0 aromatic carbocycles. The molecule has 2 N–H and O–H groups in total. The highest BCUT2D eigenvalue weighted by molar-refractivity contribution is 7.98. The molecule has 0 aliphatic carbocycles. The highest BCUT2D eigenvalue weighted by atomic mass is 32.2. The van der Waals surface area contributed by atoms with E-state index in [0.717, 1.165) is 0 Å². The second kappa shape index (κ2) is 5.18. The summed E-state index contributed by atoms with van der Waals surface area (Å²) in [5, 5.41) is 27.2. The quantitative estimate of drug-likeness (QED) is 0.487. The van der Waals surface area contributed by atoms with Gasteiger partial charge in [0, 0.05) is 0 Å². The SMILES string of the molecule is CSc1nc2n(n1)[C@@H](c1ccc([N+](=O)[O-])o1)C=C(C(=O)O)N2. The standard InChI is InChI=1S/C11H9N5O5S/c1-22-11-13-10-12-5(9(17)18)4-6(15(10)14-11)7-2-3-8(21-7)16(19)20/h2-4,6H,1H3,(H,17,18)(H,12,13,14)/t6-/m1/s1. The van der Waals surface area contributed by atoms with E-state index in [1.54, 1.807) is 6.26 Å². The van der Waals surface area contributed by atoms with Gasteiger partial charge >= 0.3 is 11.9 Å². The fourth-order valence-corrected chi connectivity index (χ4v) is 2.33. The number of anilines is 1. The fraction of sp³-hybridized carbons (Fsp3) is 0.182. The maximum Gasteiger partial charge on any atom is 0.433 e. The van der Waals surface area contributed by atoms with Gasteiger partial charge in [0.05, 0.1) is 6.07 Å². The van der Waals surface area contributed by atoms with Crippen LogP contribution in [0.25, 0.3) is 0 Å². The number of hydrogen-bond acceptors (Lipinski definition) is 8. The summed E-state index contributed by atoms with van der Waals surface area (Å²) in [5.74, 6) is -1.17. The maximum atomic E-state index is 11.2. The van der Waals surface area contributed by atoms with Gasteiger partial charge in [0.2, 0.25) is 11.1 Å². The molecule has 2 aromatic heterocycles. The van der Waals surface area contributed by atoms with Crippen LogP contribution in [0.2, 0.25) is 0 Å². The minimum Gasteiger partial charge on any atom is -0.477 e. The summed E-state index contributed by atoms with van der Waals surface area (Å²) >= 11 is 1.29. The third kappa shape index (κ3) is 2.30. The normalized spacial score (nSPS) is 16.6. The number of aromatic nitrogens is 3. The summed E-state index contributed by atoms with van der Waals surface area (Å²) in [6, 6.07) is 1.89. The maximum absolute atomic E-state index is 11.2. The Bertz CT molecular complexity index is 795. The Morgan fingerprint density at radius 1 is 1.59 bits per heavy atom. The third-order valence-electron chi connectivity index (χ3n) is 2.94. The number of nitrogens with one attached hydrogen (secondary N) is 1. The first-order chi connectivity index (χ1) is 10.5. The third-order valence-corrected chi connectivity index (χ3v) is 3.48. The Kier molecular flexibility index (Phi) is 3.33. The van der Waals surface area contributed by atoms with E-state index in [-0.39, 0.29) is 17.4 Å². The number of allylic oxidation sites excluding steroid dienone is 1. The van der Waals surface area contributed by atoms with E-state index < -0.39 is 22.8 Å². The molecule has 2 aromatic rings. The summed E-state index contributed by atoms with van der Waals surface area (Å²) in [5.41, 5.74) is -0.100. The second-order valence-electron chi connectivity index (χ2n) is 4.26. The van der Waals surface area contributed by atoms with Crippen molar-refractivity contribution in [1.29, 1.82) is 0 Å². The zero-order chi connectivity index (χ0) is 15.9. The molecule has 1 aliphatic rings. The molecule has 0 bridgehead atoms. The number of hydrogen-bond donors (Lipinski definition) is 2. The van der Waals surface area contributed by atoms with E-state index in [1.807, 2.05) is 0 Å². The summed E-state index contributed by atoms with van der Waals surface area (Å²) in [6.45, 7) is 0. The Balaban J connectivity index is 2.08. The number of aliphatic carboxylic acids is 1. The zero-order valence-electron chi connectivity index (χ0n) is 11.1. The average Bonchev–Trinajstić information content (AvgIpc) is 3.12. The first kappa shape index (κ1) is 14.1. The smallest absolute Gasteiger partial charge is 0.433 e. The lowest BCUT2D eigenvalue weighted by Crippen LogP contribution is -2.24. The Labute approximate surface area is 127 Å². The predicted molar refractivity (Wildman–Crippen MR) is 74.6 cm³/mol. The number of nitro groups is 1. The van der Waals surface area contributed by atoms with Crippen LogP contribution in [0, 0.1) is 10.1 Å². The lowest BCUT2D eigenvalue weighted by molar-refractivity contribution is -0.402.